The molecule has 6 nitrogen and oxygen atoms in total. The van der Waals surface area contributed by atoms with Crippen LogP contribution in [0.25, 0.3) is 11.0 Å². The van der Waals surface area contributed by atoms with Gasteiger partial charge in [0.25, 0.3) is 15.9 Å². The van der Waals surface area contributed by atoms with Gasteiger partial charge in [-0.15, -0.1) is 11.3 Å². The van der Waals surface area contributed by atoms with Crippen molar-refractivity contribution in [3.63, 3.8) is 0 Å². The third kappa shape index (κ3) is 3.14. The van der Waals surface area contributed by atoms with E-state index in [0.29, 0.717) is 27.9 Å². The maximum atomic E-state index is 12.7. The van der Waals surface area contributed by atoms with E-state index in [4.69, 9.17) is 16.0 Å². The van der Waals surface area contributed by atoms with Crippen LogP contribution in [0.3, 0.4) is 0 Å². The largest absolute Gasteiger partial charge is 0.451 e. The molecule has 1 aliphatic heterocycles. The lowest BCUT2D eigenvalue weighted by Crippen LogP contribution is -2.50. The summed E-state index contributed by atoms with van der Waals surface area (Å²) in [4.78, 5) is 14.3. The molecule has 0 saturated carbocycles. The van der Waals surface area contributed by atoms with Gasteiger partial charge in [-0.2, -0.15) is 4.31 Å². The summed E-state index contributed by atoms with van der Waals surface area (Å²) < 4.78 is 32.4. The quantitative estimate of drug-likeness (QED) is 0.664. The third-order valence-electron chi connectivity index (χ3n) is 4.30. The zero-order valence-corrected chi connectivity index (χ0v) is 16.0. The zero-order chi connectivity index (χ0) is 18.3. The molecular formula is C17H15ClN2O4S2. The molecule has 1 amide bonds. The predicted octanol–water partition coefficient (Wildman–Crippen LogP) is 3.29. The first-order valence-corrected chi connectivity index (χ1v) is 10.7. The maximum Gasteiger partial charge on any atom is 0.289 e. The van der Waals surface area contributed by atoms with Gasteiger partial charge in [-0.1, -0.05) is 17.7 Å². The van der Waals surface area contributed by atoms with Crippen molar-refractivity contribution in [1.29, 1.82) is 0 Å². The van der Waals surface area contributed by atoms with E-state index in [0.717, 1.165) is 5.39 Å². The van der Waals surface area contributed by atoms with Crippen LogP contribution in [0.2, 0.25) is 5.02 Å². The van der Waals surface area contributed by atoms with Gasteiger partial charge in [0.2, 0.25) is 0 Å². The summed E-state index contributed by atoms with van der Waals surface area (Å²) in [6.45, 7) is 1.17. The number of hydrogen-bond donors (Lipinski definition) is 0. The SMILES string of the molecule is O=C(c1cc2cc(Cl)ccc2o1)N1CCN(S(=O)(=O)c2cccs2)CC1. The van der Waals surface area contributed by atoms with Crippen LogP contribution >= 0.6 is 22.9 Å². The summed E-state index contributed by atoms with van der Waals surface area (Å²) in [5, 5.41) is 3.07. The molecule has 0 aliphatic carbocycles. The number of fused-ring (bicyclic) bond motifs is 1. The van der Waals surface area contributed by atoms with Gasteiger partial charge >= 0.3 is 0 Å². The van der Waals surface area contributed by atoms with E-state index in [1.54, 1.807) is 46.7 Å². The molecule has 136 valence electrons. The summed E-state index contributed by atoms with van der Waals surface area (Å²) in [5.74, 6) is -0.0117. The van der Waals surface area contributed by atoms with Crippen LogP contribution in [-0.2, 0) is 10.0 Å². The monoisotopic (exact) mass is 410 g/mol. The maximum absolute atomic E-state index is 12.7. The number of nitrogens with zero attached hydrogens (tertiary/aromatic N) is 2. The van der Waals surface area contributed by atoms with Crippen molar-refractivity contribution in [3.05, 3.63) is 52.6 Å². The topological polar surface area (TPSA) is 70.8 Å². The average Bonchev–Trinajstić information content (AvgIpc) is 3.31. The molecule has 1 aromatic carbocycles. The minimum atomic E-state index is -3.48. The summed E-state index contributed by atoms with van der Waals surface area (Å²) in [5.41, 5.74) is 0.594. The number of rotatable bonds is 3. The summed E-state index contributed by atoms with van der Waals surface area (Å²) >= 11 is 7.15. The highest BCUT2D eigenvalue weighted by Gasteiger charge is 2.31. The number of sulfonamides is 1. The Morgan fingerprint density at radius 3 is 2.58 bits per heavy atom. The van der Waals surface area contributed by atoms with Gasteiger partial charge in [-0.25, -0.2) is 8.42 Å². The van der Waals surface area contributed by atoms with E-state index in [-0.39, 0.29) is 24.8 Å². The Hall–Kier alpha value is -1.87. The Labute approximate surface area is 159 Å². The Kier molecular flexibility index (Phi) is 4.52. The molecule has 0 spiro atoms. The number of furan rings is 1. The predicted molar refractivity (Wildman–Crippen MR) is 100 cm³/mol. The number of thiophene rings is 1. The number of amides is 1. The highest BCUT2D eigenvalue weighted by atomic mass is 35.5. The lowest BCUT2D eigenvalue weighted by Gasteiger charge is -2.33. The summed E-state index contributed by atoms with van der Waals surface area (Å²) in [7, 11) is -3.48. The van der Waals surface area contributed by atoms with Crippen molar-refractivity contribution in [3.8, 4) is 0 Å². The number of carbonyl (C=O) groups excluding carboxylic acids is 1. The standard InChI is InChI=1S/C17H15ClN2O4S2/c18-13-3-4-14-12(10-13)11-15(24-14)17(21)19-5-7-20(8-6-19)26(22,23)16-2-1-9-25-16/h1-4,9-11H,5-8H2. The lowest BCUT2D eigenvalue weighted by atomic mass is 10.2. The minimum absolute atomic E-state index is 0.233. The van der Waals surface area contributed by atoms with Crippen LogP contribution in [-0.4, -0.2) is 49.7 Å². The normalized spacial score (nSPS) is 16.3. The molecular weight excluding hydrogens is 396 g/mol. The van der Waals surface area contributed by atoms with Crippen molar-refractivity contribution >= 4 is 49.8 Å². The third-order valence-corrected chi connectivity index (χ3v) is 7.81. The van der Waals surface area contributed by atoms with Gasteiger partial charge in [0.1, 0.15) is 9.79 Å². The van der Waals surface area contributed by atoms with Crippen LogP contribution in [0, 0.1) is 0 Å². The van der Waals surface area contributed by atoms with Gasteiger partial charge in [-0.05, 0) is 35.7 Å². The fourth-order valence-electron chi connectivity index (χ4n) is 2.94. The molecule has 0 bridgehead atoms. The number of carbonyl (C=O) groups is 1. The van der Waals surface area contributed by atoms with Gasteiger partial charge in [0.05, 0.1) is 0 Å². The smallest absolute Gasteiger partial charge is 0.289 e. The fraction of sp³-hybridized carbons (Fsp3) is 0.235. The van der Waals surface area contributed by atoms with E-state index in [9.17, 15) is 13.2 Å². The van der Waals surface area contributed by atoms with Gasteiger partial charge in [-0.3, -0.25) is 4.79 Å². The van der Waals surface area contributed by atoms with E-state index < -0.39 is 10.0 Å². The average molecular weight is 411 g/mol. The highest BCUT2D eigenvalue weighted by Crippen LogP contribution is 2.25. The number of benzene rings is 1. The molecule has 3 aromatic rings. The molecule has 0 radical (unpaired) electrons. The Morgan fingerprint density at radius 2 is 1.88 bits per heavy atom. The number of hydrogen-bond acceptors (Lipinski definition) is 5. The zero-order valence-electron chi connectivity index (χ0n) is 13.6. The first-order valence-electron chi connectivity index (χ1n) is 7.97. The summed E-state index contributed by atoms with van der Waals surface area (Å²) in [6, 6.07) is 10.1. The molecule has 1 fully saturated rings. The minimum Gasteiger partial charge on any atom is -0.451 e. The number of halogens is 1. The van der Waals surface area contributed by atoms with Crippen molar-refractivity contribution in [2.75, 3.05) is 26.2 Å². The molecule has 0 N–H and O–H groups in total. The van der Waals surface area contributed by atoms with Crippen LogP contribution in [0.15, 0.2) is 50.4 Å². The number of piperazine rings is 1. The van der Waals surface area contributed by atoms with Crippen molar-refractivity contribution in [2.45, 2.75) is 4.21 Å². The molecule has 4 rings (SSSR count). The van der Waals surface area contributed by atoms with Gasteiger partial charge < -0.3 is 9.32 Å². The van der Waals surface area contributed by atoms with Gasteiger partial charge in [0.15, 0.2) is 5.76 Å². The van der Waals surface area contributed by atoms with Crippen molar-refractivity contribution < 1.29 is 17.6 Å². The van der Waals surface area contributed by atoms with Gasteiger partial charge in [0, 0.05) is 36.6 Å². The lowest BCUT2D eigenvalue weighted by molar-refractivity contribution is 0.0668. The van der Waals surface area contributed by atoms with Crippen molar-refractivity contribution in [2.24, 2.45) is 0 Å². The molecule has 1 aliphatic rings. The van der Waals surface area contributed by atoms with E-state index in [1.165, 1.54) is 15.6 Å². The van der Waals surface area contributed by atoms with Crippen LogP contribution in [0.4, 0.5) is 0 Å². The van der Waals surface area contributed by atoms with E-state index in [1.807, 2.05) is 0 Å². The molecule has 26 heavy (non-hydrogen) atoms. The second-order valence-corrected chi connectivity index (χ2v) is 9.47. The second-order valence-electron chi connectivity index (χ2n) is 5.92. The first kappa shape index (κ1) is 17.5. The Balaban J connectivity index is 1.48. The molecule has 9 heteroatoms. The van der Waals surface area contributed by atoms with Crippen LogP contribution < -0.4 is 0 Å². The Bertz CT molecular complexity index is 1050. The Morgan fingerprint density at radius 1 is 1.12 bits per heavy atom. The van der Waals surface area contributed by atoms with Crippen LogP contribution in [0.5, 0.6) is 0 Å². The van der Waals surface area contributed by atoms with Crippen LogP contribution in [0.1, 0.15) is 10.6 Å². The molecule has 0 atom stereocenters. The molecule has 1 saturated heterocycles. The molecule has 3 heterocycles. The van der Waals surface area contributed by atoms with Crippen molar-refractivity contribution in [1.82, 2.24) is 9.21 Å². The molecule has 0 unspecified atom stereocenters. The highest BCUT2D eigenvalue weighted by molar-refractivity contribution is 7.91. The molecule has 2 aromatic heterocycles. The fourth-order valence-corrected chi connectivity index (χ4v) is 5.69. The van der Waals surface area contributed by atoms with E-state index in [2.05, 4.69) is 0 Å². The van der Waals surface area contributed by atoms with E-state index >= 15 is 0 Å². The second kappa shape index (κ2) is 6.70. The summed E-state index contributed by atoms with van der Waals surface area (Å²) in [6.07, 6.45) is 0. The first-order chi connectivity index (χ1) is 12.4.